The Morgan fingerprint density at radius 3 is 2.64 bits per heavy atom. The molecular weight excluding hydrogens is 138 g/mol. The molecule has 0 saturated carbocycles. The Morgan fingerprint density at radius 1 is 1.09 bits per heavy atom. The highest BCUT2D eigenvalue weighted by Crippen LogP contribution is 2.18. The molecular formula is C8H17N3. The van der Waals surface area contributed by atoms with Gasteiger partial charge in [-0.1, -0.05) is 0 Å². The molecule has 1 unspecified atom stereocenters. The van der Waals surface area contributed by atoms with Crippen molar-refractivity contribution in [1.29, 1.82) is 0 Å². The molecule has 11 heavy (non-hydrogen) atoms. The largest absolute Gasteiger partial charge is 0.293 e. The maximum atomic E-state index is 2.56. The van der Waals surface area contributed by atoms with Gasteiger partial charge in [0.05, 0.1) is 13.3 Å². The van der Waals surface area contributed by atoms with Gasteiger partial charge < -0.3 is 0 Å². The van der Waals surface area contributed by atoms with Crippen LogP contribution in [0.2, 0.25) is 0 Å². The molecule has 0 aromatic rings. The van der Waals surface area contributed by atoms with Gasteiger partial charge in [0.15, 0.2) is 0 Å². The molecule has 3 heteroatoms. The van der Waals surface area contributed by atoms with Crippen molar-refractivity contribution in [2.75, 3.05) is 40.5 Å². The van der Waals surface area contributed by atoms with Crippen molar-refractivity contribution >= 4 is 0 Å². The first-order valence-corrected chi connectivity index (χ1v) is 4.37. The second kappa shape index (κ2) is 2.73. The fraction of sp³-hybridized carbons (Fsp3) is 1.00. The summed E-state index contributed by atoms with van der Waals surface area (Å²) in [7, 11) is 4.41. The first kappa shape index (κ1) is 7.53. The lowest BCUT2D eigenvalue weighted by molar-refractivity contribution is 0.0835. The molecule has 0 aromatic heterocycles. The second-order valence-electron chi connectivity index (χ2n) is 3.93. The van der Waals surface area contributed by atoms with E-state index < -0.39 is 0 Å². The summed E-state index contributed by atoms with van der Waals surface area (Å²) in [6, 6.07) is 0.844. The molecule has 2 aliphatic heterocycles. The first-order chi connectivity index (χ1) is 5.25. The Hall–Kier alpha value is -0.120. The van der Waals surface area contributed by atoms with Crippen molar-refractivity contribution in [2.24, 2.45) is 0 Å². The van der Waals surface area contributed by atoms with Crippen LogP contribution in [0.1, 0.15) is 6.42 Å². The van der Waals surface area contributed by atoms with Gasteiger partial charge in [-0.15, -0.1) is 0 Å². The van der Waals surface area contributed by atoms with Gasteiger partial charge in [-0.25, -0.2) is 0 Å². The van der Waals surface area contributed by atoms with E-state index in [1.807, 2.05) is 0 Å². The minimum atomic E-state index is 0.844. The summed E-state index contributed by atoms with van der Waals surface area (Å²) < 4.78 is 0. The fourth-order valence-electron chi connectivity index (χ4n) is 2.14. The summed E-state index contributed by atoms with van der Waals surface area (Å²) in [6.07, 6.45) is 1.35. The van der Waals surface area contributed by atoms with E-state index in [0.717, 1.165) is 19.4 Å². The lowest BCUT2D eigenvalue weighted by Crippen LogP contribution is -2.46. The highest BCUT2D eigenvalue weighted by molar-refractivity contribution is 4.84. The molecule has 64 valence electrons. The van der Waals surface area contributed by atoms with Gasteiger partial charge >= 0.3 is 0 Å². The monoisotopic (exact) mass is 155 g/mol. The maximum absolute atomic E-state index is 2.56. The second-order valence-corrected chi connectivity index (χ2v) is 3.93. The Kier molecular flexibility index (Phi) is 1.87. The van der Waals surface area contributed by atoms with E-state index in [0.29, 0.717) is 0 Å². The maximum Gasteiger partial charge on any atom is 0.0519 e. The van der Waals surface area contributed by atoms with Crippen LogP contribution in [0, 0.1) is 0 Å². The molecule has 2 fully saturated rings. The van der Waals surface area contributed by atoms with Crippen molar-refractivity contribution < 1.29 is 0 Å². The van der Waals surface area contributed by atoms with Gasteiger partial charge in [-0.3, -0.25) is 14.7 Å². The number of nitrogens with zero attached hydrogens (tertiary/aromatic N) is 3. The SMILES string of the molecule is CN1CCC2CN(C)CN2C1. The van der Waals surface area contributed by atoms with Gasteiger partial charge in [0.1, 0.15) is 0 Å². The zero-order valence-electron chi connectivity index (χ0n) is 7.45. The Labute approximate surface area is 68.6 Å². The molecule has 0 spiro atoms. The molecule has 0 amide bonds. The summed E-state index contributed by atoms with van der Waals surface area (Å²) in [5, 5.41) is 0. The van der Waals surface area contributed by atoms with Crippen molar-refractivity contribution in [3.05, 3.63) is 0 Å². The van der Waals surface area contributed by atoms with Crippen molar-refractivity contribution in [3.63, 3.8) is 0 Å². The van der Waals surface area contributed by atoms with Crippen LogP contribution >= 0.6 is 0 Å². The fourth-order valence-corrected chi connectivity index (χ4v) is 2.14. The summed E-state index contributed by atoms with van der Waals surface area (Å²) in [6.45, 7) is 4.87. The third-order valence-electron chi connectivity index (χ3n) is 2.73. The van der Waals surface area contributed by atoms with Gasteiger partial charge in [0.2, 0.25) is 0 Å². The molecule has 0 bridgehead atoms. The van der Waals surface area contributed by atoms with Crippen LogP contribution in [0.4, 0.5) is 0 Å². The summed E-state index contributed by atoms with van der Waals surface area (Å²) >= 11 is 0. The molecule has 2 rings (SSSR count). The number of hydrogen-bond acceptors (Lipinski definition) is 3. The molecule has 0 radical (unpaired) electrons. The zero-order chi connectivity index (χ0) is 7.84. The minimum absolute atomic E-state index is 0.844. The minimum Gasteiger partial charge on any atom is -0.293 e. The molecule has 3 nitrogen and oxygen atoms in total. The van der Waals surface area contributed by atoms with Gasteiger partial charge in [0.25, 0.3) is 0 Å². The Bertz CT molecular complexity index is 148. The van der Waals surface area contributed by atoms with E-state index in [4.69, 9.17) is 0 Å². The lowest BCUT2D eigenvalue weighted by Gasteiger charge is -2.34. The molecule has 0 N–H and O–H groups in total. The molecule has 0 aromatic carbocycles. The third-order valence-corrected chi connectivity index (χ3v) is 2.73. The van der Waals surface area contributed by atoms with Crippen LogP contribution in [0.3, 0.4) is 0 Å². The highest BCUT2D eigenvalue weighted by atomic mass is 15.4. The standard InChI is InChI=1S/C8H17N3/c1-9-4-3-8-5-10(2)7-11(8)6-9/h8H,3-7H2,1-2H3. The Balaban J connectivity index is 1.97. The van der Waals surface area contributed by atoms with Crippen molar-refractivity contribution in [1.82, 2.24) is 14.7 Å². The molecule has 1 atom stereocenters. The summed E-state index contributed by atoms with van der Waals surface area (Å²) in [4.78, 5) is 7.36. The number of likely N-dealkylation sites (N-methyl/N-ethyl adjacent to an activating group) is 1. The average Bonchev–Trinajstić information content (AvgIpc) is 2.27. The number of fused-ring (bicyclic) bond motifs is 1. The highest BCUT2D eigenvalue weighted by Gasteiger charge is 2.31. The van der Waals surface area contributed by atoms with Crippen LogP contribution in [0.15, 0.2) is 0 Å². The van der Waals surface area contributed by atoms with Crippen LogP contribution in [-0.4, -0.2) is 61.3 Å². The Morgan fingerprint density at radius 2 is 1.82 bits per heavy atom. The van der Waals surface area contributed by atoms with Crippen LogP contribution in [-0.2, 0) is 0 Å². The smallest absolute Gasteiger partial charge is 0.0519 e. The van der Waals surface area contributed by atoms with E-state index in [-0.39, 0.29) is 0 Å². The van der Waals surface area contributed by atoms with Crippen molar-refractivity contribution in [2.45, 2.75) is 12.5 Å². The first-order valence-electron chi connectivity index (χ1n) is 4.37. The average molecular weight is 155 g/mol. The lowest BCUT2D eigenvalue weighted by atomic mass is 10.1. The molecule has 2 aliphatic rings. The molecule has 2 saturated heterocycles. The van der Waals surface area contributed by atoms with Gasteiger partial charge in [-0.05, 0) is 20.5 Å². The van der Waals surface area contributed by atoms with Crippen LogP contribution < -0.4 is 0 Å². The van der Waals surface area contributed by atoms with Crippen molar-refractivity contribution in [3.8, 4) is 0 Å². The predicted molar refractivity (Wildman–Crippen MR) is 45.2 cm³/mol. The molecule has 0 aliphatic carbocycles. The van der Waals surface area contributed by atoms with Gasteiger partial charge in [0, 0.05) is 19.1 Å². The van der Waals surface area contributed by atoms with Crippen LogP contribution in [0.5, 0.6) is 0 Å². The van der Waals surface area contributed by atoms with E-state index in [1.165, 1.54) is 19.5 Å². The number of rotatable bonds is 0. The normalized spacial score (nSPS) is 36.0. The van der Waals surface area contributed by atoms with E-state index in [1.54, 1.807) is 0 Å². The summed E-state index contributed by atoms with van der Waals surface area (Å²) in [5.74, 6) is 0. The summed E-state index contributed by atoms with van der Waals surface area (Å²) in [5.41, 5.74) is 0. The van der Waals surface area contributed by atoms with E-state index in [9.17, 15) is 0 Å². The van der Waals surface area contributed by atoms with E-state index in [2.05, 4.69) is 28.8 Å². The third kappa shape index (κ3) is 1.41. The van der Waals surface area contributed by atoms with Gasteiger partial charge in [-0.2, -0.15) is 0 Å². The number of hydrogen-bond donors (Lipinski definition) is 0. The molecule has 2 heterocycles. The zero-order valence-corrected chi connectivity index (χ0v) is 7.45. The topological polar surface area (TPSA) is 9.72 Å². The quantitative estimate of drug-likeness (QED) is 0.482. The van der Waals surface area contributed by atoms with E-state index >= 15 is 0 Å². The predicted octanol–water partition coefficient (Wildman–Crippen LogP) is -0.147. The van der Waals surface area contributed by atoms with Crippen LogP contribution in [0.25, 0.3) is 0 Å².